The Hall–Kier alpha value is -3.32. The van der Waals surface area contributed by atoms with Gasteiger partial charge in [-0.2, -0.15) is 0 Å². The number of aromatic nitrogens is 1. The maximum Gasteiger partial charge on any atom is 0.338 e. The predicted octanol–water partition coefficient (Wildman–Crippen LogP) is 3.13. The van der Waals surface area contributed by atoms with Gasteiger partial charge in [0.05, 0.1) is 47.3 Å². The molecule has 0 unspecified atom stereocenters. The molecule has 2 aromatic carbocycles. The highest BCUT2D eigenvalue weighted by Gasteiger charge is 2.35. The van der Waals surface area contributed by atoms with Gasteiger partial charge in [-0.1, -0.05) is 11.3 Å². The number of phenols is 1. The maximum absolute atomic E-state index is 13.8. The summed E-state index contributed by atoms with van der Waals surface area (Å²) < 4.78 is 24.1. The monoisotopic (exact) mass is 636 g/mol. The summed E-state index contributed by atoms with van der Waals surface area (Å²) in [4.78, 5) is 32.0. The van der Waals surface area contributed by atoms with Crippen molar-refractivity contribution < 1.29 is 28.8 Å². The van der Waals surface area contributed by atoms with Crippen LogP contribution in [0.1, 0.15) is 31.0 Å². The Balaban J connectivity index is 2.01. The molecular weight excluding hydrogens is 611 g/mol. The summed E-state index contributed by atoms with van der Waals surface area (Å²) in [5.41, 5.74) is 1.58. The Morgan fingerprint density at radius 3 is 2.54 bits per heavy atom. The molecule has 0 bridgehead atoms. The molecule has 1 atom stereocenters. The lowest BCUT2D eigenvalue weighted by Gasteiger charge is -2.26. The van der Waals surface area contributed by atoms with Crippen LogP contribution in [-0.4, -0.2) is 43.6 Å². The van der Waals surface area contributed by atoms with Gasteiger partial charge < -0.3 is 24.1 Å². The first-order chi connectivity index (χ1) is 17.7. The number of aromatic hydroxyl groups is 1. The molecule has 0 saturated heterocycles. The highest BCUT2D eigenvalue weighted by molar-refractivity contribution is 14.1. The Morgan fingerprint density at radius 2 is 1.89 bits per heavy atom. The molecule has 2 heterocycles. The van der Waals surface area contributed by atoms with Gasteiger partial charge in [0.15, 0.2) is 16.3 Å². The Morgan fingerprint density at radius 1 is 1.16 bits per heavy atom. The number of carbonyl (C=O) groups is 1. The Bertz CT molecular complexity index is 1590. The van der Waals surface area contributed by atoms with Crippen molar-refractivity contribution >= 4 is 46.0 Å². The van der Waals surface area contributed by atoms with Crippen LogP contribution in [0, 0.1) is 3.57 Å². The topological polar surface area (TPSA) is 109 Å². The lowest BCUT2D eigenvalue weighted by molar-refractivity contribution is -0.139. The number of methoxy groups -OCH3 is 3. The standard InChI is InChI=1S/C26H25IN2O7S/c1-6-36-25(32)21-13(2)28-26-29(22(21)16-12-15(33-3)7-8-18(16)34-4)24(31)20(37-26)11-14-9-17(27)23(30)19(10-14)35-5/h7-12,22,30H,6H2,1-5H3/t22-/m0/s1. The number of thiazole rings is 1. The normalized spacial score (nSPS) is 15.2. The molecule has 11 heteroatoms. The van der Waals surface area contributed by atoms with E-state index in [2.05, 4.69) is 4.99 Å². The average Bonchev–Trinajstić information content (AvgIpc) is 3.18. The molecule has 0 saturated carbocycles. The number of fused-ring (bicyclic) bond motifs is 1. The second-order valence-corrected chi connectivity index (χ2v) is 10.1. The summed E-state index contributed by atoms with van der Waals surface area (Å²) in [6.07, 6.45) is 1.71. The van der Waals surface area contributed by atoms with Crippen LogP contribution in [-0.2, 0) is 9.53 Å². The van der Waals surface area contributed by atoms with Gasteiger partial charge in [0.1, 0.15) is 17.5 Å². The van der Waals surface area contributed by atoms with Crippen LogP contribution in [0.2, 0.25) is 0 Å². The molecule has 0 amide bonds. The molecule has 0 aliphatic carbocycles. The Labute approximate surface area is 230 Å². The van der Waals surface area contributed by atoms with Crippen molar-refractivity contribution in [1.29, 1.82) is 0 Å². The van der Waals surface area contributed by atoms with Crippen LogP contribution in [0.25, 0.3) is 6.08 Å². The summed E-state index contributed by atoms with van der Waals surface area (Å²) >= 11 is 3.20. The summed E-state index contributed by atoms with van der Waals surface area (Å²) in [6, 6.07) is 7.75. The third-order valence-corrected chi connectivity index (χ3v) is 7.62. The number of benzene rings is 2. The van der Waals surface area contributed by atoms with Crippen molar-refractivity contribution in [2.45, 2.75) is 19.9 Å². The molecule has 0 radical (unpaired) electrons. The lowest BCUT2D eigenvalue weighted by Crippen LogP contribution is -2.40. The summed E-state index contributed by atoms with van der Waals surface area (Å²) in [5.74, 6) is 0.786. The molecule has 3 aromatic rings. The molecule has 37 heavy (non-hydrogen) atoms. The van der Waals surface area contributed by atoms with Gasteiger partial charge >= 0.3 is 5.97 Å². The van der Waals surface area contributed by atoms with Gasteiger partial charge in [-0.05, 0) is 78.4 Å². The van der Waals surface area contributed by atoms with Crippen molar-refractivity contribution in [2.24, 2.45) is 4.99 Å². The third kappa shape index (κ3) is 4.97. The first-order valence-corrected chi connectivity index (χ1v) is 13.1. The molecule has 1 aromatic heterocycles. The zero-order chi connectivity index (χ0) is 26.9. The van der Waals surface area contributed by atoms with Crippen LogP contribution in [0.3, 0.4) is 0 Å². The fraction of sp³-hybridized carbons (Fsp3) is 0.269. The zero-order valence-electron chi connectivity index (χ0n) is 20.8. The van der Waals surface area contributed by atoms with Crippen LogP contribution in [0.4, 0.5) is 0 Å². The van der Waals surface area contributed by atoms with Crippen LogP contribution in [0.15, 0.2) is 51.4 Å². The smallest absolute Gasteiger partial charge is 0.338 e. The number of allylic oxidation sites excluding steroid dienone is 1. The summed E-state index contributed by atoms with van der Waals surface area (Å²) in [5, 5.41) is 10.2. The van der Waals surface area contributed by atoms with E-state index >= 15 is 0 Å². The SMILES string of the molecule is CCOC(=O)C1=C(C)N=c2sc(=Cc3cc(I)c(O)c(OC)c3)c(=O)n2[C@H]1c1cc(OC)ccc1OC. The third-order valence-electron chi connectivity index (χ3n) is 5.82. The number of phenolic OH excluding ortho intramolecular Hbond substituents is 1. The molecule has 1 aliphatic rings. The average molecular weight is 636 g/mol. The number of nitrogens with zero attached hydrogens (tertiary/aromatic N) is 2. The first-order valence-electron chi connectivity index (χ1n) is 11.2. The number of hydrogen-bond acceptors (Lipinski definition) is 9. The number of esters is 1. The molecule has 9 nitrogen and oxygen atoms in total. The maximum atomic E-state index is 13.8. The van der Waals surface area contributed by atoms with E-state index in [9.17, 15) is 14.7 Å². The second kappa shape index (κ2) is 11.0. The highest BCUT2D eigenvalue weighted by Crippen LogP contribution is 2.38. The van der Waals surface area contributed by atoms with E-state index in [4.69, 9.17) is 18.9 Å². The molecule has 1 aliphatic heterocycles. The van der Waals surface area contributed by atoms with E-state index in [1.165, 1.54) is 37.2 Å². The van der Waals surface area contributed by atoms with E-state index in [-0.39, 0.29) is 23.5 Å². The van der Waals surface area contributed by atoms with Gasteiger partial charge in [-0.3, -0.25) is 9.36 Å². The van der Waals surface area contributed by atoms with Crippen molar-refractivity contribution in [3.8, 4) is 23.0 Å². The number of hydrogen-bond donors (Lipinski definition) is 1. The number of ether oxygens (including phenoxy) is 4. The van der Waals surface area contributed by atoms with E-state index in [0.717, 1.165) is 0 Å². The number of rotatable bonds is 7. The first kappa shape index (κ1) is 26.7. The quantitative estimate of drug-likeness (QED) is 0.314. The molecule has 4 rings (SSSR count). The number of halogens is 1. The molecule has 194 valence electrons. The molecular formula is C26H25IN2O7S. The van der Waals surface area contributed by atoms with Crippen molar-refractivity contribution in [3.63, 3.8) is 0 Å². The van der Waals surface area contributed by atoms with E-state index in [1.807, 2.05) is 22.6 Å². The lowest BCUT2D eigenvalue weighted by atomic mass is 9.94. The summed E-state index contributed by atoms with van der Waals surface area (Å²) in [6.45, 7) is 3.61. The minimum absolute atomic E-state index is 0.0292. The number of carbonyl (C=O) groups excluding carboxylic acids is 1. The summed E-state index contributed by atoms with van der Waals surface area (Å²) in [7, 11) is 4.52. The molecule has 1 N–H and O–H groups in total. The van der Waals surface area contributed by atoms with E-state index in [1.54, 1.807) is 50.3 Å². The molecule has 0 spiro atoms. The van der Waals surface area contributed by atoms with Gasteiger partial charge in [0.25, 0.3) is 5.56 Å². The van der Waals surface area contributed by atoms with Gasteiger partial charge in [0.2, 0.25) is 0 Å². The predicted molar refractivity (Wildman–Crippen MR) is 147 cm³/mol. The largest absolute Gasteiger partial charge is 0.504 e. The van der Waals surface area contributed by atoms with E-state index in [0.29, 0.717) is 47.0 Å². The Kier molecular flexibility index (Phi) is 7.93. The van der Waals surface area contributed by atoms with Crippen LogP contribution >= 0.6 is 33.9 Å². The van der Waals surface area contributed by atoms with Gasteiger partial charge in [0, 0.05) is 5.56 Å². The zero-order valence-corrected chi connectivity index (χ0v) is 23.8. The van der Waals surface area contributed by atoms with Crippen LogP contribution < -0.4 is 29.1 Å². The van der Waals surface area contributed by atoms with Gasteiger partial charge in [-0.25, -0.2) is 9.79 Å². The van der Waals surface area contributed by atoms with Gasteiger partial charge in [-0.15, -0.1) is 0 Å². The fourth-order valence-electron chi connectivity index (χ4n) is 4.12. The second-order valence-electron chi connectivity index (χ2n) is 7.96. The highest BCUT2D eigenvalue weighted by atomic mass is 127. The van der Waals surface area contributed by atoms with Crippen molar-refractivity contribution in [2.75, 3.05) is 27.9 Å². The molecule has 0 fully saturated rings. The minimum atomic E-state index is -0.850. The van der Waals surface area contributed by atoms with Crippen LogP contribution in [0.5, 0.6) is 23.0 Å². The van der Waals surface area contributed by atoms with E-state index < -0.39 is 12.0 Å². The van der Waals surface area contributed by atoms with Crippen molar-refractivity contribution in [3.05, 3.63) is 76.0 Å². The van der Waals surface area contributed by atoms with Crippen molar-refractivity contribution in [1.82, 2.24) is 4.57 Å². The minimum Gasteiger partial charge on any atom is -0.504 e. The fourth-order valence-corrected chi connectivity index (χ4v) is 5.79.